The second kappa shape index (κ2) is 5.57. The Morgan fingerprint density at radius 3 is 3.00 bits per heavy atom. The van der Waals surface area contributed by atoms with E-state index in [0.717, 1.165) is 0 Å². The average molecular weight is 222 g/mol. The fourth-order valence-corrected chi connectivity index (χ4v) is 1.20. The molecule has 0 aliphatic carbocycles. The van der Waals surface area contributed by atoms with Gasteiger partial charge < -0.3 is 4.74 Å². The quantitative estimate of drug-likeness (QED) is 0.191. The maximum Gasteiger partial charge on any atom is 0.311 e. The minimum absolute atomic E-state index is 0.0825. The predicted molar refractivity (Wildman–Crippen MR) is 57.3 cm³/mol. The third kappa shape index (κ3) is 2.86. The number of rotatable bonds is 5. The normalized spacial score (nSPS) is 9.31. The maximum atomic E-state index is 10.7. The Hall–Kier alpha value is -2.27. The van der Waals surface area contributed by atoms with Crippen molar-refractivity contribution in [1.29, 1.82) is 0 Å². The topological polar surface area (TPSA) is 101 Å². The van der Waals surface area contributed by atoms with Gasteiger partial charge in [-0.2, -0.15) is 0 Å². The Balaban J connectivity index is 2.84. The highest BCUT2D eigenvalue weighted by molar-refractivity contribution is 5.51. The van der Waals surface area contributed by atoms with Gasteiger partial charge in [0.1, 0.15) is 0 Å². The number of azide groups is 1. The van der Waals surface area contributed by atoms with Gasteiger partial charge in [0.2, 0.25) is 0 Å². The molecular formula is C9H10N4O3. The van der Waals surface area contributed by atoms with Crippen molar-refractivity contribution in [3.8, 4) is 5.75 Å². The van der Waals surface area contributed by atoms with Gasteiger partial charge in [-0.05, 0) is 18.0 Å². The molecule has 0 aliphatic rings. The molecule has 7 heteroatoms. The van der Waals surface area contributed by atoms with E-state index in [1.54, 1.807) is 19.1 Å². The highest BCUT2D eigenvalue weighted by Gasteiger charge is 2.16. The van der Waals surface area contributed by atoms with Crippen LogP contribution in [-0.4, -0.2) is 18.1 Å². The molecule has 7 nitrogen and oxygen atoms in total. The molecule has 0 aromatic heterocycles. The van der Waals surface area contributed by atoms with Crippen LogP contribution in [0.2, 0.25) is 0 Å². The van der Waals surface area contributed by atoms with Crippen molar-refractivity contribution < 1.29 is 9.66 Å². The molecule has 0 bridgehead atoms. The Morgan fingerprint density at radius 1 is 1.62 bits per heavy atom. The molecule has 0 saturated heterocycles. The summed E-state index contributed by atoms with van der Waals surface area (Å²) in [5, 5.41) is 14.0. The molecule has 0 saturated carbocycles. The summed E-state index contributed by atoms with van der Waals surface area (Å²) in [7, 11) is 0. The first kappa shape index (κ1) is 11.8. The summed E-state index contributed by atoms with van der Waals surface area (Å²) in [5.74, 6) is 0.223. The van der Waals surface area contributed by atoms with Crippen molar-refractivity contribution in [2.75, 3.05) is 13.2 Å². The van der Waals surface area contributed by atoms with Gasteiger partial charge in [0.05, 0.1) is 18.1 Å². The van der Waals surface area contributed by atoms with Gasteiger partial charge in [-0.15, -0.1) is 0 Å². The Labute approximate surface area is 91.4 Å². The highest BCUT2D eigenvalue weighted by Crippen LogP contribution is 2.29. The zero-order valence-corrected chi connectivity index (χ0v) is 8.66. The van der Waals surface area contributed by atoms with Crippen LogP contribution in [0.1, 0.15) is 5.56 Å². The Bertz CT molecular complexity index is 440. The summed E-state index contributed by atoms with van der Waals surface area (Å²) in [6, 6.07) is 4.68. The van der Waals surface area contributed by atoms with Crippen molar-refractivity contribution in [2.45, 2.75) is 6.92 Å². The van der Waals surface area contributed by atoms with Crippen LogP contribution in [0, 0.1) is 17.0 Å². The molecule has 1 aromatic rings. The molecule has 1 rings (SSSR count). The standard InChI is InChI=1S/C9H10N4O3/c1-7-3-2-4-8(13(14)15)9(7)16-6-5-11-12-10/h2-4H,5-6H2,1H3. The Kier molecular flexibility index (Phi) is 4.11. The molecular weight excluding hydrogens is 212 g/mol. The lowest BCUT2D eigenvalue weighted by molar-refractivity contribution is -0.385. The van der Waals surface area contributed by atoms with Crippen LogP contribution < -0.4 is 4.74 Å². The van der Waals surface area contributed by atoms with Crippen LogP contribution >= 0.6 is 0 Å². The smallest absolute Gasteiger partial charge is 0.311 e. The fourth-order valence-electron chi connectivity index (χ4n) is 1.20. The molecule has 0 spiro atoms. The van der Waals surface area contributed by atoms with E-state index in [9.17, 15) is 10.1 Å². The van der Waals surface area contributed by atoms with Crippen molar-refractivity contribution in [1.82, 2.24) is 0 Å². The molecule has 0 unspecified atom stereocenters. The first-order valence-electron chi connectivity index (χ1n) is 4.54. The molecule has 84 valence electrons. The number of hydrogen-bond acceptors (Lipinski definition) is 4. The predicted octanol–water partition coefficient (Wildman–Crippen LogP) is 2.59. The number of hydrogen-bond donors (Lipinski definition) is 0. The van der Waals surface area contributed by atoms with Crippen molar-refractivity contribution >= 4 is 5.69 Å². The summed E-state index contributed by atoms with van der Waals surface area (Å²) in [5.41, 5.74) is 8.65. The van der Waals surface area contributed by atoms with Crippen molar-refractivity contribution in [2.24, 2.45) is 5.11 Å². The molecule has 0 atom stereocenters. The van der Waals surface area contributed by atoms with Crippen LogP contribution in [0.25, 0.3) is 10.4 Å². The minimum atomic E-state index is -0.504. The highest BCUT2D eigenvalue weighted by atomic mass is 16.6. The first-order valence-corrected chi connectivity index (χ1v) is 4.54. The molecule has 1 aromatic carbocycles. The van der Waals surface area contributed by atoms with Gasteiger partial charge in [-0.25, -0.2) is 0 Å². The van der Waals surface area contributed by atoms with E-state index in [4.69, 9.17) is 10.3 Å². The number of nitro benzene ring substituents is 1. The monoisotopic (exact) mass is 222 g/mol. The van der Waals surface area contributed by atoms with E-state index in [0.29, 0.717) is 5.56 Å². The fraction of sp³-hybridized carbons (Fsp3) is 0.333. The molecule has 0 fully saturated rings. The average Bonchev–Trinajstić information content (AvgIpc) is 2.25. The SMILES string of the molecule is Cc1cccc([N+](=O)[O-])c1OCCN=[N+]=[N-]. The summed E-state index contributed by atoms with van der Waals surface area (Å²) in [6.07, 6.45) is 0. The molecule has 0 aliphatic heterocycles. The van der Waals surface area contributed by atoms with E-state index >= 15 is 0 Å². The maximum absolute atomic E-state index is 10.7. The lowest BCUT2D eigenvalue weighted by atomic mass is 10.2. The lowest BCUT2D eigenvalue weighted by Gasteiger charge is -2.07. The first-order chi connectivity index (χ1) is 7.66. The number of ether oxygens (including phenoxy) is 1. The van der Waals surface area contributed by atoms with E-state index in [1.807, 2.05) is 0 Å². The van der Waals surface area contributed by atoms with Gasteiger partial charge in [0.15, 0.2) is 5.75 Å². The second-order valence-corrected chi connectivity index (χ2v) is 2.98. The van der Waals surface area contributed by atoms with Crippen LogP contribution in [0.5, 0.6) is 5.75 Å². The van der Waals surface area contributed by atoms with Gasteiger partial charge in [-0.1, -0.05) is 17.2 Å². The molecule has 16 heavy (non-hydrogen) atoms. The van der Waals surface area contributed by atoms with Crippen LogP contribution in [0.15, 0.2) is 23.3 Å². The number of aryl methyl sites for hydroxylation is 1. The lowest BCUT2D eigenvalue weighted by Crippen LogP contribution is -2.04. The van der Waals surface area contributed by atoms with Crippen molar-refractivity contribution in [3.05, 3.63) is 44.3 Å². The summed E-state index contributed by atoms with van der Waals surface area (Å²) in [4.78, 5) is 12.8. The second-order valence-electron chi connectivity index (χ2n) is 2.98. The molecule has 0 N–H and O–H groups in total. The number of para-hydroxylation sites is 1. The van der Waals surface area contributed by atoms with Crippen LogP contribution in [0.4, 0.5) is 5.69 Å². The van der Waals surface area contributed by atoms with Gasteiger partial charge in [0, 0.05) is 11.0 Å². The zero-order valence-electron chi connectivity index (χ0n) is 8.66. The summed E-state index contributed by atoms with van der Waals surface area (Å²) >= 11 is 0. The number of nitro groups is 1. The molecule has 0 amide bonds. The molecule has 0 radical (unpaired) electrons. The van der Waals surface area contributed by atoms with E-state index in [2.05, 4.69) is 10.0 Å². The minimum Gasteiger partial charge on any atom is -0.486 e. The van der Waals surface area contributed by atoms with Gasteiger partial charge in [0.25, 0.3) is 0 Å². The number of nitrogens with zero attached hydrogens (tertiary/aromatic N) is 4. The zero-order chi connectivity index (χ0) is 12.0. The van der Waals surface area contributed by atoms with E-state index < -0.39 is 4.92 Å². The third-order valence-electron chi connectivity index (χ3n) is 1.89. The summed E-state index contributed by atoms with van der Waals surface area (Å²) in [6.45, 7) is 1.98. The summed E-state index contributed by atoms with van der Waals surface area (Å²) < 4.78 is 5.22. The number of benzene rings is 1. The largest absolute Gasteiger partial charge is 0.486 e. The van der Waals surface area contributed by atoms with E-state index in [-0.39, 0.29) is 24.6 Å². The van der Waals surface area contributed by atoms with Gasteiger partial charge in [-0.3, -0.25) is 10.1 Å². The van der Waals surface area contributed by atoms with Crippen LogP contribution in [0.3, 0.4) is 0 Å². The Morgan fingerprint density at radius 2 is 2.38 bits per heavy atom. The van der Waals surface area contributed by atoms with Crippen LogP contribution in [-0.2, 0) is 0 Å². The van der Waals surface area contributed by atoms with Crippen molar-refractivity contribution in [3.63, 3.8) is 0 Å². The molecule has 0 heterocycles. The third-order valence-corrected chi connectivity index (χ3v) is 1.89. The van der Waals surface area contributed by atoms with E-state index in [1.165, 1.54) is 6.07 Å². The van der Waals surface area contributed by atoms with Gasteiger partial charge >= 0.3 is 5.69 Å².